The first-order valence-electron chi connectivity index (χ1n) is 7.03. The summed E-state index contributed by atoms with van der Waals surface area (Å²) >= 11 is 3.11. The van der Waals surface area contributed by atoms with Gasteiger partial charge in [-0.15, -0.1) is 10.2 Å². The van der Waals surface area contributed by atoms with Crippen molar-refractivity contribution in [1.82, 2.24) is 15.1 Å². The van der Waals surface area contributed by atoms with Crippen LogP contribution in [-0.4, -0.2) is 59.6 Å². The van der Waals surface area contributed by atoms with E-state index in [0.29, 0.717) is 5.13 Å². The van der Waals surface area contributed by atoms with E-state index in [1.54, 1.807) is 11.8 Å². The SMILES string of the molecule is CC(C)(C)C(=O)Nc1nnc(SCCN2CCOCC2)s1. The highest BCUT2D eigenvalue weighted by molar-refractivity contribution is 8.01. The van der Waals surface area contributed by atoms with Crippen LogP contribution in [0, 0.1) is 5.41 Å². The van der Waals surface area contributed by atoms with Crippen molar-refractivity contribution in [3.8, 4) is 0 Å². The minimum Gasteiger partial charge on any atom is -0.379 e. The molecule has 0 aliphatic carbocycles. The number of carbonyl (C=O) groups is 1. The molecule has 0 atom stereocenters. The van der Waals surface area contributed by atoms with Gasteiger partial charge in [0.2, 0.25) is 11.0 Å². The third-order valence-electron chi connectivity index (χ3n) is 3.04. The summed E-state index contributed by atoms with van der Waals surface area (Å²) in [6, 6.07) is 0. The maximum Gasteiger partial charge on any atom is 0.231 e. The van der Waals surface area contributed by atoms with E-state index in [9.17, 15) is 4.79 Å². The highest BCUT2D eigenvalue weighted by atomic mass is 32.2. The van der Waals surface area contributed by atoms with Crippen molar-refractivity contribution in [3.63, 3.8) is 0 Å². The molecule has 1 aliphatic rings. The number of morpholine rings is 1. The highest BCUT2D eigenvalue weighted by Gasteiger charge is 2.22. The molecule has 2 heterocycles. The number of nitrogens with one attached hydrogen (secondary N) is 1. The van der Waals surface area contributed by atoms with Crippen LogP contribution in [0.4, 0.5) is 5.13 Å². The Morgan fingerprint density at radius 3 is 2.76 bits per heavy atom. The van der Waals surface area contributed by atoms with Crippen LogP contribution in [-0.2, 0) is 9.53 Å². The van der Waals surface area contributed by atoms with Crippen LogP contribution >= 0.6 is 23.1 Å². The smallest absolute Gasteiger partial charge is 0.231 e. The molecule has 8 heteroatoms. The van der Waals surface area contributed by atoms with E-state index in [1.807, 2.05) is 20.8 Å². The molecule has 1 aromatic rings. The first-order chi connectivity index (χ1) is 9.95. The van der Waals surface area contributed by atoms with Crippen LogP contribution in [0.1, 0.15) is 20.8 Å². The topological polar surface area (TPSA) is 67.4 Å². The lowest BCUT2D eigenvalue weighted by atomic mass is 9.96. The first kappa shape index (κ1) is 16.7. The van der Waals surface area contributed by atoms with Crippen molar-refractivity contribution < 1.29 is 9.53 Å². The molecule has 21 heavy (non-hydrogen) atoms. The zero-order chi connectivity index (χ0) is 15.3. The molecule has 1 aromatic heterocycles. The molecule has 1 N–H and O–H groups in total. The fourth-order valence-corrected chi connectivity index (χ4v) is 3.51. The monoisotopic (exact) mass is 330 g/mol. The summed E-state index contributed by atoms with van der Waals surface area (Å²) in [5.41, 5.74) is -0.421. The molecule has 1 aliphatic heterocycles. The summed E-state index contributed by atoms with van der Waals surface area (Å²) in [5, 5.41) is 11.5. The second-order valence-corrected chi connectivity index (χ2v) is 8.20. The second-order valence-electron chi connectivity index (χ2n) is 5.88. The molecule has 118 valence electrons. The van der Waals surface area contributed by atoms with Crippen molar-refractivity contribution >= 4 is 34.1 Å². The molecular weight excluding hydrogens is 308 g/mol. The van der Waals surface area contributed by atoms with Crippen molar-refractivity contribution in [2.45, 2.75) is 25.1 Å². The van der Waals surface area contributed by atoms with Crippen LogP contribution in [0.5, 0.6) is 0 Å². The Morgan fingerprint density at radius 2 is 2.10 bits per heavy atom. The minimum absolute atomic E-state index is 0.0384. The Morgan fingerprint density at radius 1 is 1.38 bits per heavy atom. The molecule has 1 saturated heterocycles. The predicted molar refractivity (Wildman–Crippen MR) is 86.0 cm³/mol. The van der Waals surface area contributed by atoms with Crippen molar-refractivity contribution in [3.05, 3.63) is 0 Å². The molecule has 0 bridgehead atoms. The maximum absolute atomic E-state index is 11.9. The number of nitrogens with zero attached hydrogens (tertiary/aromatic N) is 3. The van der Waals surface area contributed by atoms with Gasteiger partial charge < -0.3 is 10.1 Å². The van der Waals surface area contributed by atoms with E-state index in [-0.39, 0.29) is 5.91 Å². The Kier molecular flexibility index (Phi) is 5.98. The van der Waals surface area contributed by atoms with Gasteiger partial charge in [0, 0.05) is 30.8 Å². The molecule has 0 radical (unpaired) electrons. The van der Waals surface area contributed by atoms with Gasteiger partial charge in [-0.1, -0.05) is 43.9 Å². The number of amides is 1. The maximum atomic E-state index is 11.9. The summed E-state index contributed by atoms with van der Waals surface area (Å²) in [7, 11) is 0. The van der Waals surface area contributed by atoms with Crippen LogP contribution in [0.3, 0.4) is 0 Å². The second kappa shape index (κ2) is 7.53. The molecule has 0 aromatic carbocycles. The minimum atomic E-state index is -0.421. The number of rotatable bonds is 5. The molecule has 0 unspecified atom stereocenters. The quantitative estimate of drug-likeness (QED) is 0.657. The number of hydrogen-bond donors (Lipinski definition) is 1. The van der Waals surface area contributed by atoms with Gasteiger partial charge in [-0.2, -0.15) is 0 Å². The summed E-state index contributed by atoms with van der Waals surface area (Å²) in [6.45, 7) is 10.3. The Bertz CT molecular complexity index is 467. The number of carbonyl (C=O) groups excluding carboxylic acids is 1. The highest BCUT2D eigenvalue weighted by Crippen LogP contribution is 2.26. The van der Waals surface area contributed by atoms with Gasteiger partial charge in [0.25, 0.3) is 0 Å². The summed E-state index contributed by atoms with van der Waals surface area (Å²) in [5.74, 6) is 0.936. The average Bonchev–Trinajstić information content (AvgIpc) is 2.86. The standard InChI is InChI=1S/C13H22N4O2S2/c1-13(2,3)10(18)14-11-15-16-12(21-11)20-9-6-17-4-7-19-8-5-17/h4-9H2,1-3H3,(H,14,15,18). The lowest BCUT2D eigenvalue weighted by Gasteiger charge is -2.25. The molecule has 1 amide bonds. The Balaban J connectivity index is 1.74. The first-order valence-corrected chi connectivity index (χ1v) is 8.83. The molecule has 6 nitrogen and oxygen atoms in total. The van der Waals surface area contributed by atoms with E-state index in [1.165, 1.54) is 11.3 Å². The van der Waals surface area contributed by atoms with Gasteiger partial charge in [-0.05, 0) is 0 Å². The summed E-state index contributed by atoms with van der Waals surface area (Å²) < 4.78 is 6.22. The zero-order valence-electron chi connectivity index (χ0n) is 12.7. The third kappa shape index (κ3) is 5.54. The van der Waals surface area contributed by atoms with E-state index < -0.39 is 5.41 Å². The molecular formula is C13H22N4O2S2. The lowest BCUT2D eigenvalue weighted by Crippen LogP contribution is -2.37. The molecule has 0 spiro atoms. The molecule has 1 fully saturated rings. The van der Waals surface area contributed by atoms with Crippen LogP contribution in [0.2, 0.25) is 0 Å². The van der Waals surface area contributed by atoms with Gasteiger partial charge in [0.05, 0.1) is 13.2 Å². The van der Waals surface area contributed by atoms with Crippen LogP contribution in [0.15, 0.2) is 4.34 Å². The Labute approximate surface area is 133 Å². The number of ether oxygens (including phenoxy) is 1. The number of anilines is 1. The summed E-state index contributed by atoms with van der Waals surface area (Å²) in [4.78, 5) is 14.3. The number of aromatic nitrogens is 2. The van der Waals surface area contributed by atoms with Gasteiger partial charge in [-0.25, -0.2) is 0 Å². The van der Waals surface area contributed by atoms with E-state index in [4.69, 9.17) is 4.74 Å². The van der Waals surface area contributed by atoms with Crippen molar-refractivity contribution in [1.29, 1.82) is 0 Å². The van der Waals surface area contributed by atoms with E-state index in [2.05, 4.69) is 20.4 Å². The molecule has 0 saturated carbocycles. The van der Waals surface area contributed by atoms with Crippen molar-refractivity contribution in [2.24, 2.45) is 5.41 Å². The van der Waals surface area contributed by atoms with Crippen LogP contribution in [0.25, 0.3) is 0 Å². The number of thioether (sulfide) groups is 1. The lowest BCUT2D eigenvalue weighted by molar-refractivity contribution is -0.123. The van der Waals surface area contributed by atoms with Crippen molar-refractivity contribution in [2.75, 3.05) is 43.9 Å². The fourth-order valence-electron chi connectivity index (χ4n) is 1.69. The number of hydrogen-bond acceptors (Lipinski definition) is 7. The van der Waals surface area contributed by atoms with Gasteiger partial charge in [0.1, 0.15) is 0 Å². The van der Waals surface area contributed by atoms with Gasteiger partial charge in [0.15, 0.2) is 4.34 Å². The summed E-state index contributed by atoms with van der Waals surface area (Å²) in [6.07, 6.45) is 0. The Hall–Kier alpha value is -0.700. The predicted octanol–water partition coefficient (Wildman–Crippen LogP) is 1.95. The normalized spacial score (nSPS) is 16.9. The zero-order valence-corrected chi connectivity index (χ0v) is 14.4. The van der Waals surface area contributed by atoms with E-state index in [0.717, 1.165) is 42.9 Å². The molecule has 2 rings (SSSR count). The largest absolute Gasteiger partial charge is 0.379 e. The van der Waals surface area contributed by atoms with Gasteiger partial charge >= 0.3 is 0 Å². The van der Waals surface area contributed by atoms with E-state index >= 15 is 0 Å². The fraction of sp³-hybridized carbons (Fsp3) is 0.769. The van der Waals surface area contributed by atoms with Gasteiger partial charge in [-0.3, -0.25) is 9.69 Å². The average molecular weight is 330 g/mol. The van der Waals surface area contributed by atoms with Crippen LogP contribution < -0.4 is 5.32 Å². The third-order valence-corrected chi connectivity index (χ3v) is 5.00.